The molecule has 0 bridgehead atoms. The number of rotatable bonds is 3. The Morgan fingerprint density at radius 3 is 2.50 bits per heavy atom. The fourth-order valence-electron chi connectivity index (χ4n) is 3.61. The lowest BCUT2D eigenvalue weighted by Gasteiger charge is -2.08. The first kappa shape index (κ1) is 9.16. The third-order valence-corrected chi connectivity index (χ3v) is 4.55. The van der Waals surface area contributed by atoms with Crippen LogP contribution in [0.3, 0.4) is 0 Å². The fraction of sp³-hybridized carbons (Fsp3) is 0.833. The molecule has 4 heteroatoms. The minimum Gasteiger partial charge on any atom is -0.388 e. The van der Waals surface area contributed by atoms with Gasteiger partial charge in [-0.15, -0.1) is 10.2 Å². The van der Waals surface area contributed by atoms with Crippen LogP contribution in [0.4, 0.5) is 0 Å². The molecule has 0 spiro atoms. The summed E-state index contributed by atoms with van der Waals surface area (Å²) in [6.07, 6.45) is 6.62. The molecule has 1 aromatic rings. The normalized spacial score (nSPS) is 36.4. The molecule has 86 valence electrons. The molecular weight excluding hydrogens is 202 g/mol. The summed E-state index contributed by atoms with van der Waals surface area (Å²) >= 11 is 0. The van der Waals surface area contributed by atoms with Gasteiger partial charge >= 0.3 is 0 Å². The van der Waals surface area contributed by atoms with Gasteiger partial charge in [-0.25, -0.2) is 0 Å². The van der Waals surface area contributed by atoms with Crippen LogP contribution in [-0.4, -0.2) is 19.9 Å². The van der Waals surface area contributed by atoms with Crippen LogP contribution in [0.15, 0.2) is 0 Å². The first-order valence-electron chi connectivity index (χ1n) is 6.44. The van der Waals surface area contributed by atoms with Crippen molar-refractivity contribution >= 4 is 0 Å². The molecule has 0 aromatic carbocycles. The number of fused-ring (bicyclic) bond motifs is 1. The van der Waals surface area contributed by atoms with Crippen LogP contribution in [0, 0.1) is 11.8 Å². The molecule has 1 N–H and O–H groups in total. The van der Waals surface area contributed by atoms with Crippen molar-refractivity contribution in [3.05, 3.63) is 11.6 Å². The topological polar surface area (TPSA) is 50.9 Å². The lowest BCUT2D eigenvalue weighted by atomic mass is 10.1. The summed E-state index contributed by atoms with van der Waals surface area (Å²) in [5.74, 6) is 4.40. The van der Waals surface area contributed by atoms with Crippen LogP contribution in [-0.2, 0) is 6.61 Å². The molecule has 3 aliphatic rings. The minimum absolute atomic E-state index is 0.0333. The molecule has 0 amide bonds. The fourth-order valence-corrected chi connectivity index (χ4v) is 3.61. The van der Waals surface area contributed by atoms with Crippen LogP contribution in [0.2, 0.25) is 0 Å². The zero-order valence-corrected chi connectivity index (χ0v) is 9.34. The quantitative estimate of drug-likeness (QED) is 0.840. The monoisotopic (exact) mass is 219 g/mol. The van der Waals surface area contributed by atoms with Gasteiger partial charge in [0.1, 0.15) is 12.4 Å². The summed E-state index contributed by atoms with van der Waals surface area (Å²) in [7, 11) is 0. The average molecular weight is 219 g/mol. The Balaban J connectivity index is 1.70. The molecule has 4 nitrogen and oxygen atoms in total. The van der Waals surface area contributed by atoms with Gasteiger partial charge in [-0.1, -0.05) is 6.42 Å². The highest BCUT2D eigenvalue weighted by Gasteiger charge is 2.56. The van der Waals surface area contributed by atoms with E-state index in [4.69, 9.17) is 0 Å². The molecule has 4 rings (SSSR count). The van der Waals surface area contributed by atoms with Crippen molar-refractivity contribution in [3.63, 3.8) is 0 Å². The van der Waals surface area contributed by atoms with Crippen molar-refractivity contribution in [2.75, 3.05) is 0 Å². The van der Waals surface area contributed by atoms with Crippen molar-refractivity contribution in [3.8, 4) is 0 Å². The molecule has 3 saturated carbocycles. The van der Waals surface area contributed by atoms with Crippen molar-refractivity contribution in [2.24, 2.45) is 11.8 Å². The van der Waals surface area contributed by atoms with E-state index in [2.05, 4.69) is 14.8 Å². The van der Waals surface area contributed by atoms with Crippen molar-refractivity contribution in [1.82, 2.24) is 14.8 Å². The van der Waals surface area contributed by atoms with Crippen LogP contribution < -0.4 is 0 Å². The van der Waals surface area contributed by atoms with E-state index < -0.39 is 0 Å². The third-order valence-electron chi connectivity index (χ3n) is 4.55. The van der Waals surface area contributed by atoms with Gasteiger partial charge in [-0.05, 0) is 37.5 Å². The number of hydrogen-bond acceptors (Lipinski definition) is 3. The second kappa shape index (κ2) is 3.06. The number of aliphatic hydroxyl groups excluding tert-OH is 1. The molecule has 16 heavy (non-hydrogen) atoms. The number of hydrogen-bond donors (Lipinski definition) is 1. The third kappa shape index (κ3) is 1.14. The van der Waals surface area contributed by atoms with E-state index in [-0.39, 0.29) is 6.61 Å². The predicted molar refractivity (Wildman–Crippen MR) is 57.8 cm³/mol. The van der Waals surface area contributed by atoms with Gasteiger partial charge in [-0.3, -0.25) is 0 Å². The summed E-state index contributed by atoms with van der Waals surface area (Å²) in [6, 6.07) is 0.591. The van der Waals surface area contributed by atoms with E-state index in [0.29, 0.717) is 12.0 Å². The van der Waals surface area contributed by atoms with Gasteiger partial charge in [0.15, 0.2) is 5.82 Å². The van der Waals surface area contributed by atoms with Gasteiger partial charge in [0, 0.05) is 12.0 Å². The van der Waals surface area contributed by atoms with E-state index in [1.807, 2.05) is 0 Å². The zero-order valence-electron chi connectivity index (χ0n) is 9.34. The van der Waals surface area contributed by atoms with Crippen LogP contribution in [0.25, 0.3) is 0 Å². The van der Waals surface area contributed by atoms with E-state index in [1.165, 1.54) is 37.9 Å². The highest BCUT2D eigenvalue weighted by atomic mass is 16.3. The van der Waals surface area contributed by atoms with Crippen LogP contribution in [0.5, 0.6) is 0 Å². The largest absolute Gasteiger partial charge is 0.388 e. The molecule has 2 unspecified atom stereocenters. The van der Waals surface area contributed by atoms with Gasteiger partial charge < -0.3 is 9.67 Å². The summed E-state index contributed by atoms with van der Waals surface area (Å²) in [5, 5.41) is 17.8. The Kier molecular flexibility index (Phi) is 1.76. The van der Waals surface area contributed by atoms with Gasteiger partial charge in [0.05, 0.1) is 0 Å². The summed E-state index contributed by atoms with van der Waals surface area (Å²) < 4.78 is 2.24. The highest BCUT2D eigenvalue weighted by molar-refractivity contribution is 5.20. The lowest BCUT2D eigenvalue weighted by Crippen LogP contribution is -2.06. The molecule has 0 aliphatic heterocycles. The number of aliphatic hydroxyl groups is 1. The maximum atomic E-state index is 9.29. The molecular formula is C12H17N3O. The van der Waals surface area contributed by atoms with E-state index in [1.54, 1.807) is 0 Å². The van der Waals surface area contributed by atoms with E-state index in [9.17, 15) is 5.11 Å². The lowest BCUT2D eigenvalue weighted by molar-refractivity contribution is 0.264. The Hall–Kier alpha value is -0.900. The molecule has 3 fully saturated rings. The first-order chi connectivity index (χ1) is 7.90. The molecule has 2 atom stereocenters. The van der Waals surface area contributed by atoms with Gasteiger partial charge in [0.2, 0.25) is 0 Å². The van der Waals surface area contributed by atoms with Crippen LogP contribution >= 0.6 is 0 Å². The van der Waals surface area contributed by atoms with Crippen molar-refractivity contribution in [1.29, 1.82) is 0 Å². The highest BCUT2D eigenvalue weighted by Crippen LogP contribution is 2.63. The second-order valence-corrected chi connectivity index (χ2v) is 5.52. The average Bonchev–Trinajstić information content (AvgIpc) is 3.17. The van der Waals surface area contributed by atoms with E-state index in [0.717, 1.165) is 17.7 Å². The Labute approximate surface area is 94.7 Å². The summed E-state index contributed by atoms with van der Waals surface area (Å²) in [5.41, 5.74) is 0. The molecule has 1 heterocycles. The van der Waals surface area contributed by atoms with Crippen LogP contribution in [0.1, 0.15) is 55.7 Å². The van der Waals surface area contributed by atoms with Crippen molar-refractivity contribution < 1.29 is 5.11 Å². The van der Waals surface area contributed by atoms with Crippen molar-refractivity contribution in [2.45, 2.75) is 50.7 Å². The molecule has 3 aliphatic carbocycles. The maximum Gasteiger partial charge on any atom is 0.159 e. The van der Waals surface area contributed by atoms with Gasteiger partial charge in [0.25, 0.3) is 0 Å². The van der Waals surface area contributed by atoms with Gasteiger partial charge in [-0.2, -0.15) is 0 Å². The molecule has 1 aromatic heterocycles. The summed E-state index contributed by atoms with van der Waals surface area (Å²) in [4.78, 5) is 0. The first-order valence-corrected chi connectivity index (χ1v) is 6.44. The number of nitrogens with zero attached hydrogens (tertiary/aromatic N) is 3. The Morgan fingerprint density at radius 2 is 1.88 bits per heavy atom. The zero-order chi connectivity index (χ0) is 10.7. The molecule has 0 radical (unpaired) electrons. The Bertz CT molecular complexity index is 414. The SMILES string of the molecule is OCc1nnc(C2C3CCCC32)n1C1CC1. The summed E-state index contributed by atoms with van der Waals surface area (Å²) in [6.45, 7) is 0.0333. The smallest absolute Gasteiger partial charge is 0.159 e. The van der Waals surface area contributed by atoms with E-state index >= 15 is 0 Å². The second-order valence-electron chi connectivity index (χ2n) is 5.52. The Morgan fingerprint density at radius 1 is 1.12 bits per heavy atom. The minimum atomic E-state index is 0.0333. The standard InChI is InChI=1S/C12H17N3O/c16-6-10-13-14-12(15(10)7-4-5-7)11-8-2-1-3-9(8)11/h7-9,11,16H,1-6H2. The molecule has 0 saturated heterocycles. The predicted octanol–water partition coefficient (Wildman–Crippen LogP) is 1.62. The number of aromatic nitrogens is 3. The maximum absolute atomic E-state index is 9.29.